The molecule has 2 aromatic rings. The maximum atomic E-state index is 12.1. The summed E-state index contributed by atoms with van der Waals surface area (Å²) in [5.74, 6) is -0.136. The van der Waals surface area contributed by atoms with E-state index in [9.17, 15) is 4.79 Å². The summed E-state index contributed by atoms with van der Waals surface area (Å²) in [5.41, 5.74) is 3.26. The van der Waals surface area contributed by atoms with Gasteiger partial charge in [0, 0.05) is 24.9 Å². The lowest BCUT2D eigenvalue weighted by molar-refractivity contribution is -0.115. The summed E-state index contributed by atoms with van der Waals surface area (Å²) in [7, 11) is 1.75. The number of aliphatic hydroxyl groups is 1. The molecule has 0 bridgehead atoms. The summed E-state index contributed by atoms with van der Waals surface area (Å²) in [5, 5.41) is 16.4. The maximum absolute atomic E-state index is 12.1. The highest BCUT2D eigenvalue weighted by atomic mass is 35.5. The van der Waals surface area contributed by atoms with Crippen molar-refractivity contribution in [1.82, 2.24) is 9.78 Å². The Balaban J connectivity index is 2.01. The zero-order valence-corrected chi connectivity index (χ0v) is 12.8. The minimum absolute atomic E-state index is 0.116. The molecular formula is C15H18ClN3O2. The molecule has 0 aliphatic carbocycles. The zero-order valence-electron chi connectivity index (χ0n) is 12.1. The van der Waals surface area contributed by atoms with Gasteiger partial charge in [-0.2, -0.15) is 5.10 Å². The van der Waals surface area contributed by atoms with E-state index >= 15 is 0 Å². The summed E-state index contributed by atoms with van der Waals surface area (Å²) in [6.07, 6.45) is 0.801. The third kappa shape index (κ3) is 3.83. The maximum Gasteiger partial charge on any atom is 0.228 e. The smallest absolute Gasteiger partial charge is 0.228 e. The topological polar surface area (TPSA) is 67.2 Å². The third-order valence-corrected chi connectivity index (χ3v) is 3.72. The summed E-state index contributed by atoms with van der Waals surface area (Å²) in [6.45, 7) is 1.95. The molecule has 6 heteroatoms. The number of rotatable bonds is 5. The number of carbonyl (C=O) groups excluding carboxylic acids is 1. The van der Waals surface area contributed by atoms with E-state index in [4.69, 9.17) is 16.7 Å². The van der Waals surface area contributed by atoms with Gasteiger partial charge >= 0.3 is 0 Å². The molecule has 0 saturated carbocycles. The van der Waals surface area contributed by atoms with Crippen molar-refractivity contribution in [1.29, 1.82) is 0 Å². The number of hydrogen-bond acceptors (Lipinski definition) is 3. The quantitative estimate of drug-likeness (QED) is 0.889. The molecule has 2 rings (SSSR count). The molecule has 112 valence electrons. The summed E-state index contributed by atoms with van der Waals surface area (Å²) in [4.78, 5) is 12.1. The second kappa shape index (κ2) is 6.74. The van der Waals surface area contributed by atoms with Crippen LogP contribution in [0.1, 0.15) is 16.8 Å². The fourth-order valence-corrected chi connectivity index (χ4v) is 2.37. The van der Waals surface area contributed by atoms with Crippen LogP contribution < -0.4 is 5.32 Å². The normalized spacial score (nSPS) is 10.7. The number of nitrogens with one attached hydrogen (secondary N) is 1. The SMILES string of the molecule is Cc1nn(C)c(Cl)c1CC(=O)Nc1ccc(CCO)cc1. The van der Waals surface area contributed by atoms with E-state index in [-0.39, 0.29) is 18.9 Å². The van der Waals surface area contributed by atoms with Gasteiger partial charge in [0.2, 0.25) is 5.91 Å². The molecule has 0 atom stereocenters. The number of hydrogen-bond donors (Lipinski definition) is 2. The Morgan fingerprint density at radius 1 is 1.38 bits per heavy atom. The Bertz CT molecular complexity index is 635. The van der Waals surface area contributed by atoms with Crippen LogP contribution in [0.4, 0.5) is 5.69 Å². The van der Waals surface area contributed by atoms with Crippen LogP contribution in [0.3, 0.4) is 0 Å². The predicted molar refractivity (Wildman–Crippen MR) is 82.5 cm³/mol. The number of nitrogens with zero attached hydrogens (tertiary/aromatic N) is 2. The molecule has 5 nitrogen and oxygen atoms in total. The van der Waals surface area contributed by atoms with Crippen molar-refractivity contribution in [3.63, 3.8) is 0 Å². The number of benzene rings is 1. The molecule has 21 heavy (non-hydrogen) atoms. The van der Waals surface area contributed by atoms with Crippen LogP contribution in [0.25, 0.3) is 0 Å². The third-order valence-electron chi connectivity index (χ3n) is 3.25. The predicted octanol–water partition coefficient (Wildman–Crippen LogP) is 2.10. The zero-order chi connectivity index (χ0) is 15.4. The van der Waals surface area contributed by atoms with E-state index in [0.29, 0.717) is 11.6 Å². The van der Waals surface area contributed by atoms with Gasteiger partial charge in [-0.15, -0.1) is 0 Å². The molecule has 0 saturated heterocycles. The number of anilines is 1. The molecule has 0 radical (unpaired) electrons. The Morgan fingerprint density at radius 2 is 2.05 bits per heavy atom. The molecule has 0 spiro atoms. The average Bonchev–Trinajstić information content (AvgIpc) is 2.68. The summed E-state index contributed by atoms with van der Waals surface area (Å²) in [6, 6.07) is 7.41. The minimum Gasteiger partial charge on any atom is -0.396 e. The molecule has 0 fully saturated rings. The summed E-state index contributed by atoms with van der Waals surface area (Å²) >= 11 is 6.11. The van der Waals surface area contributed by atoms with Crippen molar-refractivity contribution < 1.29 is 9.90 Å². The molecule has 1 aromatic heterocycles. The van der Waals surface area contributed by atoms with Gasteiger partial charge in [0.15, 0.2) is 0 Å². The highest BCUT2D eigenvalue weighted by Crippen LogP contribution is 2.20. The van der Waals surface area contributed by atoms with E-state index in [2.05, 4.69) is 10.4 Å². The Kier molecular flexibility index (Phi) is 4.98. The van der Waals surface area contributed by atoms with Gasteiger partial charge in [-0.1, -0.05) is 23.7 Å². The number of amides is 1. The Labute approximate surface area is 128 Å². The van der Waals surface area contributed by atoms with Crippen molar-refractivity contribution in [3.8, 4) is 0 Å². The van der Waals surface area contributed by atoms with Crippen molar-refractivity contribution in [2.24, 2.45) is 7.05 Å². The second-order valence-corrected chi connectivity index (χ2v) is 5.23. The number of aryl methyl sites for hydroxylation is 2. The van der Waals surface area contributed by atoms with Gasteiger partial charge in [-0.05, 0) is 31.0 Å². The Morgan fingerprint density at radius 3 is 2.57 bits per heavy atom. The van der Waals surface area contributed by atoms with Crippen LogP contribution in [0.15, 0.2) is 24.3 Å². The fourth-order valence-electron chi connectivity index (χ4n) is 2.12. The van der Waals surface area contributed by atoms with Gasteiger partial charge in [0.25, 0.3) is 0 Å². The van der Waals surface area contributed by atoms with Gasteiger partial charge in [0.1, 0.15) is 5.15 Å². The van der Waals surface area contributed by atoms with E-state index < -0.39 is 0 Å². The van der Waals surface area contributed by atoms with Crippen molar-refractivity contribution >= 4 is 23.2 Å². The standard InChI is InChI=1S/C15H18ClN3O2/c1-10-13(15(16)19(2)18-10)9-14(21)17-12-5-3-11(4-6-12)7-8-20/h3-6,20H,7-9H2,1-2H3,(H,17,21). The highest BCUT2D eigenvalue weighted by molar-refractivity contribution is 6.30. The van der Waals surface area contributed by atoms with E-state index in [0.717, 1.165) is 22.5 Å². The number of aromatic nitrogens is 2. The molecule has 2 N–H and O–H groups in total. The highest BCUT2D eigenvalue weighted by Gasteiger charge is 2.15. The van der Waals surface area contributed by atoms with E-state index in [1.807, 2.05) is 31.2 Å². The first kappa shape index (κ1) is 15.5. The van der Waals surface area contributed by atoms with E-state index in [1.165, 1.54) is 0 Å². The van der Waals surface area contributed by atoms with Crippen molar-refractivity contribution in [2.75, 3.05) is 11.9 Å². The lowest BCUT2D eigenvalue weighted by atomic mass is 10.1. The van der Waals surface area contributed by atoms with E-state index in [1.54, 1.807) is 11.7 Å². The van der Waals surface area contributed by atoms with Crippen LogP contribution >= 0.6 is 11.6 Å². The molecular weight excluding hydrogens is 290 g/mol. The van der Waals surface area contributed by atoms with Crippen LogP contribution in [0.2, 0.25) is 5.15 Å². The molecule has 0 aliphatic heterocycles. The van der Waals surface area contributed by atoms with Crippen LogP contribution in [0, 0.1) is 6.92 Å². The van der Waals surface area contributed by atoms with Crippen molar-refractivity contribution in [2.45, 2.75) is 19.8 Å². The van der Waals surface area contributed by atoms with Crippen LogP contribution in [0.5, 0.6) is 0 Å². The molecule has 1 amide bonds. The molecule has 1 aromatic carbocycles. The first-order valence-corrected chi connectivity index (χ1v) is 7.06. The average molecular weight is 308 g/mol. The van der Waals surface area contributed by atoms with Crippen LogP contribution in [-0.2, 0) is 24.7 Å². The first-order valence-electron chi connectivity index (χ1n) is 6.69. The first-order chi connectivity index (χ1) is 10.0. The van der Waals surface area contributed by atoms with Gasteiger partial charge in [0.05, 0.1) is 12.1 Å². The summed E-state index contributed by atoms with van der Waals surface area (Å²) < 4.78 is 1.56. The van der Waals surface area contributed by atoms with Gasteiger partial charge in [-0.3, -0.25) is 9.48 Å². The molecule has 0 aliphatic rings. The number of aliphatic hydroxyl groups excluding tert-OH is 1. The lowest BCUT2D eigenvalue weighted by Gasteiger charge is -2.06. The van der Waals surface area contributed by atoms with Crippen molar-refractivity contribution in [3.05, 3.63) is 46.2 Å². The molecule has 0 unspecified atom stereocenters. The largest absolute Gasteiger partial charge is 0.396 e. The Hall–Kier alpha value is -1.85. The molecule has 1 heterocycles. The van der Waals surface area contributed by atoms with Gasteiger partial charge < -0.3 is 10.4 Å². The number of halogens is 1. The van der Waals surface area contributed by atoms with Gasteiger partial charge in [-0.25, -0.2) is 0 Å². The minimum atomic E-state index is -0.136. The number of carbonyl (C=O) groups is 1. The fraction of sp³-hybridized carbons (Fsp3) is 0.333. The lowest BCUT2D eigenvalue weighted by Crippen LogP contribution is -2.15. The second-order valence-electron chi connectivity index (χ2n) is 4.87. The monoisotopic (exact) mass is 307 g/mol. The van der Waals surface area contributed by atoms with Crippen LogP contribution in [-0.4, -0.2) is 27.4 Å².